The first kappa shape index (κ1) is 16.5. The van der Waals surface area contributed by atoms with Crippen LogP contribution in [0.1, 0.15) is 43.7 Å². The van der Waals surface area contributed by atoms with E-state index in [1.54, 1.807) is 0 Å². The Balaban J connectivity index is 1.77. The summed E-state index contributed by atoms with van der Waals surface area (Å²) in [5, 5.41) is 8.40. The average Bonchev–Trinajstić information content (AvgIpc) is 2.58. The van der Waals surface area contributed by atoms with E-state index < -0.39 is 0 Å². The molecule has 0 spiro atoms. The SMILES string of the molecule is N#CCCOCCC#CCN1CCCC[C@H]1c1cccnc1. The third kappa shape index (κ3) is 5.48. The fourth-order valence-electron chi connectivity index (χ4n) is 2.72. The maximum atomic E-state index is 8.40. The first-order valence-electron chi connectivity index (χ1n) is 7.96. The first-order chi connectivity index (χ1) is 10.9. The summed E-state index contributed by atoms with van der Waals surface area (Å²) >= 11 is 0. The van der Waals surface area contributed by atoms with Crippen LogP contribution >= 0.6 is 0 Å². The largest absolute Gasteiger partial charge is 0.379 e. The zero-order chi connectivity index (χ0) is 15.5. The van der Waals surface area contributed by atoms with Crippen molar-refractivity contribution in [3.63, 3.8) is 0 Å². The molecule has 2 rings (SSSR count). The molecule has 116 valence electrons. The fraction of sp³-hybridized carbons (Fsp3) is 0.556. The number of nitrogens with zero attached hydrogens (tertiary/aromatic N) is 3. The van der Waals surface area contributed by atoms with Crippen LogP contribution in [-0.2, 0) is 4.74 Å². The Morgan fingerprint density at radius 3 is 3.00 bits per heavy atom. The molecular formula is C18H23N3O. The van der Waals surface area contributed by atoms with Gasteiger partial charge in [-0.3, -0.25) is 9.88 Å². The minimum absolute atomic E-state index is 0.448. The van der Waals surface area contributed by atoms with Gasteiger partial charge in [0.25, 0.3) is 0 Å². The molecule has 2 heterocycles. The van der Waals surface area contributed by atoms with E-state index in [1.165, 1.54) is 24.8 Å². The highest BCUT2D eigenvalue weighted by atomic mass is 16.5. The van der Waals surface area contributed by atoms with Gasteiger partial charge in [0, 0.05) is 24.9 Å². The van der Waals surface area contributed by atoms with Crippen molar-refractivity contribution in [1.82, 2.24) is 9.88 Å². The van der Waals surface area contributed by atoms with Crippen LogP contribution in [0.5, 0.6) is 0 Å². The predicted molar refractivity (Wildman–Crippen MR) is 85.8 cm³/mol. The Morgan fingerprint density at radius 2 is 2.18 bits per heavy atom. The number of aromatic nitrogens is 1. The van der Waals surface area contributed by atoms with Crippen molar-refractivity contribution in [2.24, 2.45) is 0 Å². The predicted octanol–water partition coefficient (Wildman–Crippen LogP) is 2.93. The van der Waals surface area contributed by atoms with Gasteiger partial charge in [0.2, 0.25) is 0 Å². The molecule has 1 fully saturated rings. The van der Waals surface area contributed by atoms with E-state index >= 15 is 0 Å². The molecule has 4 heteroatoms. The minimum Gasteiger partial charge on any atom is -0.379 e. The van der Waals surface area contributed by atoms with Crippen molar-refractivity contribution in [1.29, 1.82) is 5.26 Å². The van der Waals surface area contributed by atoms with E-state index in [2.05, 4.69) is 33.9 Å². The van der Waals surface area contributed by atoms with Gasteiger partial charge in [-0.2, -0.15) is 5.26 Å². The molecule has 4 nitrogen and oxygen atoms in total. The molecule has 0 aliphatic carbocycles. The molecule has 0 saturated carbocycles. The minimum atomic E-state index is 0.448. The normalized spacial score (nSPS) is 18.2. The maximum Gasteiger partial charge on any atom is 0.0645 e. The van der Waals surface area contributed by atoms with E-state index in [1.807, 2.05) is 18.5 Å². The maximum absolute atomic E-state index is 8.40. The molecule has 1 aliphatic rings. The Kier molecular flexibility index (Phi) is 7.46. The highest BCUT2D eigenvalue weighted by Gasteiger charge is 2.22. The zero-order valence-electron chi connectivity index (χ0n) is 13.0. The molecule has 0 unspecified atom stereocenters. The van der Waals surface area contributed by atoms with Crippen molar-refractivity contribution >= 4 is 0 Å². The highest BCUT2D eigenvalue weighted by Crippen LogP contribution is 2.29. The molecule has 1 aliphatic heterocycles. The number of piperidine rings is 1. The smallest absolute Gasteiger partial charge is 0.0645 e. The van der Waals surface area contributed by atoms with E-state index in [-0.39, 0.29) is 0 Å². The van der Waals surface area contributed by atoms with Gasteiger partial charge in [0.1, 0.15) is 0 Å². The Hall–Kier alpha value is -1.88. The lowest BCUT2D eigenvalue weighted by atomic mass is 9.96. The van der Waals surface area contributed by atoms with Crippen LogP contribution in [0.2, 0.25) is 0 Å². The second-order valence-electron chi connectivity index (χ2n) is 5.39. The summed E-state index contributed by atoms with van der Waals surface area (Å²) in [7, 11) is 0. The number of hydrogen-bond acceptors (Lipinski definition) is 4. The molecule has 1 saturated heterocycles. The quantitative estimate of drug-likeness (QED) is 0.598. The number of ether oxygens (including phenoxy) is 1. The van der Waals surface area contributed by atoms with Crippen molar-refractivity contribution in [2.45, 2.75) is 38.1 Å². The van der Waals surface area contributed by atoms with Gasteiger partial charge in [0.15, 0.2) is 0 Å². The van der Waals surface area contributed by atoms with E-state index in [4.69, 9.17) is 10.00 Å². The van der Waals surface area contributed by atoms with Crippen LogP contribution < -0.4 is 0 Å². The van der Waals surface area contributed by atoms with Gasteiger partial charge in [-0.05, 0) is 31.0 Å². The number of nitriles is 1. The van der Waals surface area contributed by atoms with E-state index in [9.17, 15) is 0 Å². The number of likely N-dealkylation sites (tertiary alicyclic amines) is 1. The molecule has 0 radical (unpaired) electrons. The zero-order valence-corrected chi connectivity index (χ0v) is 13.0. The lowest BCUT2D eigenvalue weighted by Crippen LogP contribution is -2.33. The van der Waals surface area contributed by atoms with Crippen molar-refractivity contribution in [2.75, 3.05) is 26.3 Å². The van der Waals surface area contributed by atoms with Gasteiger partial charge >= 0.3 is 0 Å². The molecule has 0 amide bonds. The van der Waals surface area contributed by atoms with E-state index in [0.717, 1.165) is 19.5 Å². The van der Waals surface area contributed by atoms with Crippen molar-refractivity contribution in [3.05, 3.63) is 30.1 Å². The second kappa shape index (κ2) is 9.95. The molecule has 0 aromatic carbocycles. The van der Waals surface area contributed by atoms with E-state index in [0.29, 0.717) is 25.7 Å². The van der Waals surface area contributed by atoms with Crippen LogP contribution in [0.4, 0.5) is 0 Å². The van der Waals surface area contributed by atoms with Crippen molar-refractivity contribution < 1.29 is 4.74 Å². The molecule has 1 atom stereocenters. The number of rotatable bonds is 6. The number of hydrogen-bond donors (Lipinski definition) is 0. The fourth-order valence-corrected chi connectivity index (χ4v) is 2.72. The highest BCUT2D eigenvalue weighted by molar-refractivity contribution is 5.16. The first-order valence-corrected chi connectivity index (χ1v) is 7.96. The third-order valence-electron chi connectivity index (χ3n) is 3.82. The Bertz CT molecular complexity index is 527. The standard InChI is InChI=1S/C18H23N3O/c19-10-7-15-22-14-5-1-3-12-21-13-4-2-9-18(21)17-8-6-11-20-16-17/h6,8,11,16,18H,2,4-5,7,9,12-15H2/t18-/m0/s1. The molecule has 1 aromatic heterocycles. The van der Waals surface area contributed by atoms with Crippen LogP contribution in [0, 0.1) is 23.2 Å². The lowest BCUT2D eigenvalue weighted by Gasteiger charge is -2.34. The Labute approximate surface area is 133 Å². The summed E-state index contributed by atoms with van der Waals surface area (Å²) < 4.78 is 5.31. The van der Waals surface area contributed by atoms with Gasteiger partial charge in [-0.1, -0.05) is 24.3 Å². The van der Waals surface area contributed by atoms with Gasteiger partial charge in [0.05, 0.1) is 32.2 Å². The van der Waals surface area contributed by atoms with Gasteiger partial charge in [-0.15, -0.1) is 0 Å². The molecule has 22 heavy (non-hydrogen) atoms. The summed E-state index contributed by atoms with van der Waals surface area (Å²) in [5.41, 5.74) is 1.30. The topological polar surface area (TPSA) is 49.1 Å². The summed E-state index contributed by atoms with van der Waals surface area (Å²) in [6, 6.07) is 6.67. The molecule has 0 bridgehead atoms. The second-order valence-corrected chi connectivity index (χ2v) is 5.39. The average molecular weight is 297 g/mol. The number of pyridine rings is 1. The summed E-state index contributed by atoms with van der Waals surface area (Å²) in [5.74, 6) is 6.42. The third-order valence-corrected chi connectivity index (χ3v) is 3.82. The summed E-state index contributed by atoms with van der Waals surface area (Å²) in [4.78, 5) is 6.69. The molecule has 0 N–H and O–H groups in total. The van der Waals surface area contributed by atoms with Gasteiger partial charge in [-0.25, -0.2) is 0 Å². The Morgan fingerprint density at radius 1 is 1.27 bits per heavy atom. The van der Waals surface area contributed by atoms with Gasteiger partial charge < -0.3 is 4.74 Å². The summed E-state index contributed by atoms with van der Waals surface area (Å²) in [6.45, 7) is 3.03. The van der Waals surface area contributed by atoms with Crippen LogP contribution in [-0.4, -0.2) is 36.2 Å². The molecular weight excluding hydrogens is 274 g/mol. The van der Waals surface area contributed by atoms with Crippen LogP contribution in [0.25, 0.3) is 0 Å². The van der Waals surface area contributed by atoms with Crippen LogP contribution in [0.15, 0.2) is 24.5 Å². The van der Waals surface area contributed by atoms with Crippen LogP contribution in [0.3, 0.4) is 0 Å². The lowest BCUT2D eigenvalue weighted by molar-refractivity contribution is 0.145. The van der Waals surface area contributed by atoms with Crippen molar-refractivity contribution in [3.8, 4) is 17.9 Å². The molecule has 1 aromatic rings. The summed E-state index contributed by atoms with van der Waals surface area (Å²) in [6.07, 6.45) is 8.68. The monoisotopic (exact) mass is 297 g/mol.